The predicted octanol–water partition coefficient (Wildman–Crippen LogP) is 2.74. The molecule has 1 N–H and O–H groups in total. The number of rotatable bonds is 3. The number of aliphatic hydroxyl groups excluding tert-OH is 1. The maximum atomic E-state index is 13.3. The average Bonchev–Trinajstić information content (AvgIpc) is 3.18. The van der Waals surface area contributed by atoms with Crippen LogP contribution in [0.4, 0.5) is 0 Å². The summed E-state index contributed by atoms with van der Waals surface area (Å²) in [5.41, 5.74) is -6.00. The first-order chi connectivity index (χ1) is 19.2. The fraction of sp³-hybridized carbons (Fsp3) is 0.263. The lowest BCUT2D eigenvalue weighted by atomic mass is 10.1. The molecule has 0 fully saturated rings. The van der Waals surface area contributed by atoms with Crippen LogP contribution in [0.15, 0.2) is 42.4 Å². The van der Waals surface area contributed by atoms with Gasteiger partial charge in [0.05, 0.1) is 21.0 Å². The Morgan fingerprint density at radius 2 is 1.92 bits per heavy atom. The molecule has 5 heteroatoms. The second kappa shape index (κ2) is 6.09. The summed E-state index contributed by atoms with van der Waals surface area (Å²) in [6, 6.07) is -6.53. The van der Waals surface area contributed by atoms with Crippen LogP contribution in [-0.2, 0) is 4.79 Å². The molecule has 0 radical (unpaired) electrons. The summed E-state index contributed by atoms with van der Waals surface area (Å²) in [5.74, 6) is -2.08. The molecule has 0 bridgehead atoms. The number of carbonyl (C=O) groups excluding carboxylic acids is 1. The summed E-state index contributed by atoms with van der Waals surface area (Å²) >= 11 is 0. The Hall–Kier alpha value is -2.66. The molecule has 0 saturated carbocycles. The summed E-state index contributed by atoms with van der Waals surface area (Å²) < 4.78 is 150. The zero-order valence-electron chi connectivity index (χ0n) is 30.8. The van der Waals surface area contributed by atoms with Gasteiger partial charge in [0.15, 0.2) is 6.10 Å². The molecule has 5 nitrogen and oxygen atoms in total. The van der Waals surface area contributed by atoms with E-state index in [1.165, 1.54) is 0 Å². The summed E-state index contributed by atoms with van der Waals surface area (Å²) in [5, 5.41) is 11.2. The number of fused-ring (bicyclic) bond motifs is 1. The minimum atomic E-state index is -3.71. The highest BCUT2D eigenvalue weighted by Crippen LogP contribution is 2.30. The third kappa shape index (κ3) is 2.78. The van der Waals surface area contributed by atoms with Gasteiger partial charge in [-0.3, -0.25) is 9.20 Å². The Labute approximate surface area is 167 Å². The molecule has 2 heterocycles. The molecule has 0 spiro atoms. The van der Waals surface area contributed by atoms with Crippen molar-refractivity contribution in [2.45, 2.75) is 19.8 Å². The number of amides is 1. The van der Waals surface area contributed by atoms with E-state index in [2.05, 4.69) is 4.98 Å². The van der Waals surface area contributed by atoms with Crippen molar-refractivity contribution < 1.29 is 35.9 Å². The van der Waals surface area contributed by atoms with Gasteiger partial charge in [0.1, 0.15) is 5.65 Å². The van der Waals surface area contributed by atoms with E-state index in [9.17, 15) is 9.90 Å². The van der Waals surface area contributed by atoms with Crippen LogP contribution in [0.5, 0.6) is 0 Å². The number of pyridine rings is 1. The number of nitrogens with zero attached hydrogens (tertiary/aromatic N) is 3. The van der Waals surface area contributed by atoms with Crippen molar-refractivity contribution >= 4 is 11.6 Å². The van der Waals surface area contributed by atoms with Crippen molar-refractivity contribution in [1.29, 1.82) is 0 Å². The van der Waals surface area contributed by atoms with E-state index in [-0.39, 0.29) is 0 Å². The molecular weight excluding hydrogens is 302 g/mol. The van der Waals surface area contributed by atoms with Crippen LogP contribution in [0.2, 0.25) is 0 Å². The van der Waals surface area contributed by atoms with Crippen molar-refractivity contribution in [2.75, 3.05) is 14.0 Å². The van der Waals surface area contributed by atoms with Crippen molar-refractivity contribution in [2.24, 2.45) is 0 Å². The molecule has 1 unspecified atom stereocenters. The van der Waals surface area contributed by atoms with Gasteiger partial charge in [-0.05, 0) is 25.3 Å². The zero-order chi connectivity index (χ0) is 33.5. The van der Waals surface area contributed by atoms with Gasteiger partial charge in [0.2, 0.25) is 0 Å². The molecular formula is C19H21N3O2. The highest BCUT2D eigenvalue weighted by Gasteiger charge is 2.27. The lowest BCUT2D eigenvalue weighted by Crippen LogP contribution is -2.29. The molecule has 1 aromatic carbocycles. The molecule has 124 valence electrons. The van der Waals surface area contributed by atoms with Gasteiger partial charge in [-0.25, -0.2) is 4.98 Å². The predicted molar refractivity (Wildman–Crippen MR) is 93.8 cm³/mol. The van der Waals surface area contributed by atoms with Crippen LogP contribution in [0.1, 0.15) is 49.0 Å². The Balaban J connectivity index is 2.64. The Morgan fingerprint density at radius 3 is 2.58 bits per heavy atom. The van der Waals surface area contributed by atoms with Crippen LogP contribution in [0.25, 0.3) is 16.9 Å². The van der Waals surface area contributed by atoms with E-state index in [1.54, 1.807) is 0 Å². The molecule has 0 aliphatic carbocycles. The quantitative estimate of drug-likeness (QED) is 0.796. The van der Waals surface area contributed by atoms with Crippen LogP contribution in [-0.4, -0.2) is 39.2 Å². The van der Waals surface area contributed by atoms with Crippen LogP contribution in [0, 0.1) is 13.7 Å². The highest BCUT2D eigenvalue weighted by molar-refractivity contribution is 5.84. The monoisotopic (exact) mass is 342 g/mol. The molecule has 24 heavy (non-hydrogen) atoms. The average molecular weight is 343 g/mol. The maximum Gasteiger partial charge on any atom is 0.257 e. The van der Waals surface area contributed by atoms with Crippen molar-refractivity contribution in [3.63, 3.8) is 0 Å². The standard InChI is InChI=1S/C19H21N3O2/c1-12-5-8-14(9-6-12)16-17(18(23)19(24)21(3)4)22-11-13(2)7-10-15(22)20-16/h5-11,18,23H,1-4H3/i1D3,2D3,3D3,4D3,5D,6D,7D,8D,9D,10D,11D. The van der Waals surface area contributed by atoms with Gasteiger partial charge in [-0.15, -0.1) is 0 Å². The number of aliphatic hydroxyl groups is 1. The molecule has 0 saturated heterocycles. The summed E-state index contributed by atoms with van der Waals surface area (Å²) in [7, 11) is 0. The number of imidazole rings is 1. The van der Waals surface area contributed by atoms with Crippen LogP contribution in [0.3, 0.4) is 0 Å². The Kier molecular flexibility index (Phi) is 1.25. The Morgan fingerprint density at radius 1 is 1.21 bits per heavy atom. The van der Waals surface area contributed by atoms with E-state index in [0.29, 0.717) is 4.40 Å². The topological polar surface area (TPSA) is 57.8 Å². The molecule has 1 atom stereocenters. The minimum absolute atomic E-state index is 0.320. The minimum Gasteiger partial charge on any atom is -0.377 e. The lowest BCUT2D eigenvalue weighted by Gasteiger charge is -2.17. The van der Waals surface area contributed by atoms with E-state index in [4.69, 9.17) is 26.0 Å². The molecule has 0 aliphatic rings. The number of hydrogen-bond donors (Lipinski definition) is 1. The van der Waals surface area contributed by atoms with Gasteiger partial charge in [-0.2, -0.15) is 0 Å². The first-order valence-electron chi connectivity index (χ1n) is 15.8. The van der Waals surface area contributed by atoms with Gasteiger partial charge < -0.3 is 10.0 Å². The summed E-state index contributed by atoms with van der Waals surface area (Å²) in [6.07, 6.45) is -4.17. The molecule has 1 amide bonds. The lowest BCUT2D eigenvalue weighted by molar-refractivity contribution is -0.138. The molecule has 0 aliphatic heterocycles. The third-order valence-electron chi connectivity index (χ3n) is 3.01. The van der Waals surface area contributed by atoms with Gasteiger partial charge >= 0.3 is 0 Å². The van der Waals surface area contributed by atoms with Crippen molar-refractivity contribution in [3.05, 3.63) is 59.2 Å². The van der Waals surface area contributed by atoms with Crippen LogP contribution >= 0.6 is 0 Å². The van der Waals surface area contributed by atoms with Crippen molar-refractivity contribution in [3.8, 4) is 11.3 Å². The normalized spacial score (nSPS) is 26.0. The molecule has 3 aromatic rings. The van der Waals surface area contributed by atoms with Gasteiger partial charge in [0, 0.05) is 42.1 Å². The number of likely N-dealkylation sites (N-methyl/N-ethyl adjacent to an activating group) is 1. The van der Waals surface area contributed by atoms with Crippen molar-refractivity contribution in [1.82, 2.24) is 14.3 Å². The zero-order valence-corrected chi connectivity index (χ0v) is 11.8. The second-order valence-corrected chi connectivity index (χ2v) is 4.57. The maximum absolute atomic E-state index is 13.3. The fourth-order valence-corrected chi connectivity index (χ4v) is 1.99. The summed E-state index contributed by atoms with van der Waals surface area (Å²) in [6.45, 7) is -13.8. The number of benzene rings is 1. The van der Waals surface area contributed by atoms with E-state index >= 15 is 0 Å². The van der Waals surface area contributed by atoms with Crippen LogP contribution < -0.4 is 0 Å². The largest absolute Gasteiger partial charge is 0.377 e. The Bertz CT molecular complexity index is 1590. The number of hydrogen-bond acceptors (Lipinski definition) is 3. The van der Waals surface area contributed by atoms with Gasteiger partial charge in [0.25, 0.3) is 5.91 Å². The van der Waals surface area contributed by atoms with E-state index < -0.39 is 121 Å². The third-order valence-corrected chi connectivity index (χ3v) is 3.01. The van der Waals surface area contributed by atoms with E-state index in [1.807, 2.05) is 0 Å². The number of carbonyl (C=O) groups is 1. The van der Waals surface area contributed by atoms with Gasteiger partial charge in [-0.1, -0.05) is 35.8 Å². The highest BCUT2D eigenvalue weighted by atomic mass is 16.3. The molecule has 3 rings (SSSR count). The fourth-order valence-electron chi connectivity index (χ4n) is 1.99. The SMILES string of the molecule is [2H]c1c([2H])c(C([2H])([2H])[2H])c([2H])c([2H])c1-c1nc2c([2H])c([2H])c(C([2H])([2H])[2H])c([2H])n2c1C(O)C(=O)N(C([2H])([2H])[2H])C([2H])([2H])[2H]. The second-order valence-electron chi connectivity index (χ2n) is 4.57. The summed E-state index contributed by atoms with van der Waals surface area (Å²) in [4.78, 5) is 16.5. The first-order valence-corrected chi connectivity index (χ1v) is 6.33. The first kappa shape index (κ1) is 4.92. The molecule has 2 aromatic heterocycles. The van der Waals surface area contributed by atoms with E-state index in [0.717, 1.165) is 0 Å². The smallest absolute Gasteiger partial charge is 0.257 e. The number of aromatic nitrogens is 2.